The van der Waals surface area contributed by atoms with Crippen molar-refractivity contribution in [3.63, 3.8) is 0 Å². The van der Waals surface area contributed by atoms with Crippen molar-refractivity contribution in [3.05, 3.63) is 35.7 Å². The van der Waals surface area contributed by atoms with Gasteiger partial charge in [-0.15, -0.1) is 0 Å². The van der Waals surface area contributed by atoms with Crippen molar-refractivity contribution in [2.45, 2.75) is 72.4 Å². The van der Waals surface area contributed by atoms with Gasteiger partial charge in [0.2, 0.25) is 5.91 Å². The van der Waals surface area contributed by atoms with E-state index >= 15 is 0 Å². The van der Waals surface area contributed by atoms with Crippen LogP contribution in [0.4, 0.5) is 22.1 Å². The van der Waals surface area contributed by atoms with Gasteiger partial charge < -0.3 is 35.6 Å². The Morgan fingerprint density at radius 1 is 1.12 bits per heavy atom. The molecule has 226 valence electrons. The van der Waals surface area contributed by atoms with Gasteiger partial charge in [0.25, 0.3) is 5.91 Å². The highest BCUT2D eigenvalue weighted by Gasteiger charge is 2.22. The number of likely N-dealkylation sites (N-methyl/N-ethyl adjacent to an activating group) is 1. The molecule has 0 saturated heterocycles. The number of hydrogen-bond donors (Lipinski definition) is 3. The van der Waals surface area contributed by atoms with Crippen LogP contribution < -0.4 is 26.0 Å². The highest BCUT2D eigenvalue weighted by atomic mass is 16.6. The maximum atomic E-state index is 12.2. The molecule has 0 radical (unpaired) electrons. The van der Waals surface area contributed by atoms with Gasteiger partial charge in [-0.1, -0.05) is 19.4 Å². The fourth-order valence-electron chi connectivity index (χ4n) is 3.62. The molecule has 0 bridgehead atoms. The summed E-state index contributed by atoms with van der Waals surface area (Å²) in [6, 6.07) is 7.41. The molecule has 0 saturated carbocycles. The molecule has 3 amide bonds. The molecule has 12 nitrogen and oxygen atoms in total. The smallest absolute Gasteiger partial charge is 0.410 e. The van der Waals surface area contributed by atoms with Crippen molar-refractivity contribution in [2.24, 2.45) is 5.73 Å². The first-order valence-corrected chi connectivity index (χ1v) is 13.9. The quantitative estimate of drug-likeness (QED) is 0.287. The minimum absolute atomic E-state index is 0.0775. The highest BCUT2D eigenvalue weighted by molar-refractivity contribution is 5.96. The average molecular weight is 572 g/mol. The molecule has 1 aromatic carbocycles. The van der Waals surface area contributed by atoms with Crippen LogP contribution in [0, 0.1) is 0 Å². The molecule has 4 N–H and O–H groups in total. The molecule has 2 rings (SSSR count). The van der Waals surface area contributed by atoms with Gasteiger partial charge in [0, 0.05) is 38.4 Å². The Kier molecular flexibility index (Phi) is 12.2. The molecule has 1 heterocycles. The van der Waals surface area contributed by atoms with Crippen LogP contribution in [0.5, 0.6) is 5.75 Å². The van der Waals surface area contributed by atoms with Gasteiger partial charge in [0.15, 0.2) is 17.3 Å². The molecule has 0 aliphatic rings. The lowest BCUT2D eigenvalue weighted by molar-refractivity contribution is -0.122. The predicted octanol–water partition coefficient (Wildman–Crippen LogP) is 3.87. The molecule has 0 fully saturated rings. The number of nitrogens with two attached hydrogens (primary N) is 1. The molecule has 12 heteroatoms. The normalized spacial score (nSPS) is 11.1. The number of primary amides is 1. The van der Waals surface area contributed by atoms with Crippen LogP contribution in [-0.4, -0.2) is 78.2 Å². The lowest BCUT2D eigenvalue weighted by atomic mass is 10.2. The monoisotopic (exact) mass is 571 g/mol. The van der Waals surface area contributed by atoms with Crippen LogP contribution in [0.3, 0.4) is 0 Å². The van der Waals surface area contributed by atoms with Gasteiger partial charge in [-0.25, -0.2) is 14.8 Å². The largest absolute Gasteiger partial charge is 0.493 e. The van der Waals surface area contributed by atoms with Crippen LogP contribution in [0.1, 0.15) is 70.6 Å². The van der Waals surface area contributed by atoms with E-state index in [4.69, 9.17) is 20.2 Å². The zero-order valence-corrected chi connectivity index (χ0v) is 25.5. The minimum Gasteiger partial charge on any atom is -0.493 e. The van der Waals surface area contributed by atoms with E-state index in [0.29, 0.717) is 43.2 Å². The summed E-state index contributed by atoms with van der Waals surface area (Å²) in [6.07, 6.45) is 1.52. The number of benzene rings is 1. The van der Waals surface area contributed by atoms with Crippen LogP contribution in [0.2, 0.25) is 0 Å². The third-order valence-corrected chi connectivity index (χ3v) is 5.87. The van der Waals surface area contributed by atoms with E-state index in [2.05, 4.69) is 29.5 Å². The Hall–Kier alpha value is -4.09. The second kappa shape index (κ2) is 15.1. The van der Waals surface area contributed by atoms with E-state index < -0.39 is 17.6 Å². The predicted molar refractivity (Wildman–Crippen MR) is 160 cm³/mol. The van der Waals surface area contributed by atoms with Crippen molar-refractivity contribution < 1.29 is 23.9 Å². The molecule has 0 aliphatic carbocycles. The minimum atomic E-state index is -0.664. The van der Waals surface area contributed by atoms with E-state index in [1.54, 1.807) is 26.8 Å². The number of nitrogens with one attached hydrogen (secondary N) is 2. The number of ether oxygens (including phenoxy) is 2. The van der Waals surface area contributed by atoms with Gasteiger partial charge >= 0.3 is 6.09 Å². The number of nitrogens with zero attached hydrogens (tertiary/aromatic N) is 4. The molecular formula is C29H45N7O5. The summed E-state index contributed by atoms with van der Waals surface area (Å²) in [5.74, 6) is 0.616. The Morgan fingerprint density at radius 3 is 2.44 bits per heavy atom. The number of aryl methyl sites for hydroxylation is 1. The zero-order valence-electron chi connectivity index (χ0n) is 25.5. The summed E-state index contributed by atoms with van der Waals surface area (Å²) in [5.41, 5.74) is 6.48. The molecule has 0 unspecified atom stereocenters. The van der Waals surface area contributed by atoms with Gasteiger partial charge in [-0.3, -0.25) is 9.59 Å². The van der Waals surface area contributed by atoms with Crippen molar-refractivity contribution >= 4 is 35.2 Å². The Bertz CT molecular complexity index is 1200. The van der Waals surface area contributed by atoms with E-state index in [9.17, 15) is 14.4 Å². The Labute approximate surface area is 243 Å². The molecule has 1 aromatic heterocycles. The first-order valence-electron chi connectivity index (χ1n) is 13.9. The second-order valence-corrected chi connectivity index (χ2v) is 11.1. The number of rotatable bonds is 14. The fraction of sp³-hybridized carbons (Fsp3) is 0.552. The summed E-state index contributed by atoms with van der Waals surface area (Å²) >= 11 is 0. The Balaban J connectivity index is 1.98. The molecule has 2 aromatic rings. The third-order valence-electron chi connectivity index (χ3n) is 5.87. The number of anilines is 3. The van der Waals surface area contributed by atoms with E-state index in [0.717, 1.165) is 12.1 Å². The molecule has 41 heavy (non-hydrogen) atoms. The zero-order chi connectivity index (χ0) is 30.7. The average Bonchev–Trinajstić information content (AvgIpc) is 2.87. The van der Waals surface area contributed by atoms with Gasteiger partial charge in [0.05, 0.1) is 12.3 Å². The maximum Gasteiger partial charge on any atom is 0.410 e. The van der Waals surface area contributed by atoms with E-state index in [1.807, 2.05) is 37.1 Å². The fourth-order valence-corrected chi connectivity index (χ4v) is 3.62. The van der Waals surface area contributed by atoms with Crippen molar-refractivity contribution in [3.8, 4) is 5.75 Å². The topological polar surface area (TPSA) is 152 Å². The second-order valence-electron chi connectivity index (χ2n) is 11.1. The summed E-state index contributed by atoms with van der Waals surface area (Å²) in [6.45, 7) is 12.1. The van der Waals surface area contributed by atoms with Crippen molar-refractivity contribution in [1.29, 1.82) is 0 Å². The van der Waals surface area contributed by atoms with E-state index in [-0.39, 0.29) is 30.0 Å². The number of aromatic nitrogens is 2. The van der Waals surface area contributed by atoms with Gasteiger partial charge in [-0.2, -0.15) is 0 Å². The molecule has 0 aliphatic heterocycles. The standard InChI is InChI=1S/C29H45N7O5/c1-9-12-22-27(36(8)19(2)3)34-26(24(33-22)25(30)38)32-20-13-10-14-21(17-20)40-16-11-15-31-23(37)18-35(7)28(39)41-29(4,5)6/h10,13-14,17,19H,9,11-12,15-16,18H2,1-8H3,(H2,30,38)(H,31,37)(H,32,34). The number of carbonyl (C=O) groups is 3. The van der Waals surface area contributed by atoms with E-state index in [1.165, 1.54) is 11.9 Å². The van der Waals surface area contributed by atoms with Crippen molar-refractivity contribution in [1.82, 2.24) is 20.2 Å². The number of carbonyl (C=O) groups excluding carboxylic acids is 3. The lowest BCUT2D eigenvalue weighted by Gasteiger charge is -2.26. The number of hydrogen-bond acceptors (Lipinski definition) is 9. The first-order chi connectivity index (χ1) is 19.2. The number of amides is 3. The van der Waals surface area contributed by atoms with Crippen molar-refractivity contribution in [2.75, 3.05) is 44.0 Å². The van der Waals surface area contributed by atoms with Crippen LogP contribution in [0.25, 0.3) is 0 Å². The summed E-state index contributed by atoms with van der Waals surface area (Å²) in [5, 5.41) is 5.95. The highest BCUT2D eigenvalue weighted by Crippen LogP contribution is 2.27. The molecule has 0 spiro atoms. The summed E-state index contributed by atoms with van der Waals surface area (Å²) < 4.78 is 11.1. The SMILES string of the molecule is CCCc1nc(C(N)=O)c(Nc2cccc(OCCCNC(=O)CN(C)C(=O)OC(C)(C)C)c2)nc1N(C)C(C)C. The van der Waals surface area contributed by atoms with Crippen LogP contribution >= 0.6 is 0 Å². The summed E-state index contributed by atoms with van der Waals surface area (Å²) in [4.78, 5) is 49.0. The third kappa shape index (κ3) is 10.8. The lowest BCUT2D eigenvalue weighted by Crippen LogP contribution is -2.41. The molecular weight excluding hydrogens is 526 g/mol. The van der Waals surface area contributed by atoms with Gasteiger partial charge in [0.1, 0.15) is 17.9 Å². The van der Waals surface area contributed by atoms with Gasteiger partial charge in [-0.05, 0) is 59.6 Å². The maximum absolute atomic E-state index is 12.2. The Morgan fingerprint density at radius 2 is 1.83 bits per heavy atom. The molecule has 0 atom stereocenters. The first kappa shape index (κ1) is 33.1. The van der Waals surface area contributed by atoms with Crippen LogP contribution in [-0.2, 0) is 16.0 Å². The van der Waals surface area contributed by atoms with Crippen LogP contribution in [0.15, 0.2) is 24.3 Å². The summed E-state index contributed by atoms with van der Waals surface area (Å²) in [7, 11) is 3.45.